The van der Waals surface area contributed by atoms with Crippen LogP contribution in [0.2, 0.25) is 0 Å². The third-order valence-corrected chi connectivity index (χ3v) is 5.58. The number of nitrogens with one attached hydrogen (secondary N) is 1. The van der Waals surface area contributed by atoms with Crippen LogP contribution in [0, 0.1) is 0 Å². The standard InChI is InChI=1S/C20H19F2N3O4/c1-19(11-27-14-9-16-15(8-13(14)19)28-20(21,22)29-16)18(26)24-17-5-4-12(10-23-17)25-6-2-3-7-25/h4-5,8-10H,2-3,6-7,11H2,1H3,(H,23,24,26)/t19-/m0/s1. The van der Waals surface area contributed by atoms with Crippen LogP contribution in [0.4, 0.5) is 20.3 Å². The Bertz CT molecular complexity index is 976. The maximum atomic E-state index is 13.3. The number of halogens is 2. The van der Waals surface area contributed by atoms with Gasteiger partial charge in [-0.2, -0.15) is 0 Å². The predicted molar refractivity (Wildman–Crippen MR) is 99.8 cm³/mol. The van der Waals surface area contributed by atoms with Gasteiger partial charge in [0.2, 0.25) is 5.91 Å². The number of pyridine rings is 1. The molecule has 2 aromatic rings. The van der Waals surface area contributed by atoms with Crippen LogP contribution in [0.15, 0.2) is 30.5 Å². The summed E-state index contributed by atoms with van der Waals surface area (Å²) in [5.74, 6) is 0.159. The minimum atomic E-state index is -3.73. The number of alkyl halides is 2. The van der Waals surface area contributed by atoms with Crippen LogP contribution in [-0.4, -0.2) is 36.9 Å². The molecule has 0 saturated carbocycles. The molecule has 1 N–H and O–H groups in total. The van der Waals surface area contributed by atoms with Crippen molar-refractivity contribution in [3.63, 3.8) is 0 Å². The molecule has 3 aliphatic rings. The van der Waals surface area contributed by atoms with E-state index in [2.05, 4.69) is 24.7 Å². The zero-order valence-corrected chi connectivity index (χ0v) is 15.7. The number of hydrogen-bond donors (Lipinski definition) is 1. The molecule has 1 atom stereocenters. The van der Waals surface area contributed by atoms with E-state index in [0.29, 0.717) is 17.1 Å². The van der Waals surface area contributed by atoms with Gasteiger partial charge in [0, 0.05) is 24.7 Å². The molecule has 152 valence electrons. The molecule has 0 unspecified atom stereocenters. The molecule has 0 spiro atoms. The van der Waals surface area contributed by atoms with Crippen molar-refractivity contribution < 1.29 is 27.8 Å². The fourth-order valence-corrected chi connectivity index (χ4v) is 3.89. The molecule has 4 heterocycles. The summed E-state index contributed by atoms with van der Waals surface area (Å²) in [4.78, 5) is 19.6. The molecule has 1 saturated heterocycles. The Morgan fingerprint density at radius 3 is 2.55 bits per heavy atom. The predicted octanol–water partition coefficient (Wildman–Crippen LogP) is 3.29. The molecule has 1 aromatic carbocycles. The van der Waals surface area contributed by atoms with Crippen molar-refractivity contribution in [3.05, 3.63) is 36.0 Å². The molecule has 1 aromatic heterocycles. The van der Waals surface area contributed by atoms with E-state index in [1.165, 1.54) is 25.0 Å². The van der Waals surface area contributed by atoms with Crippen molar-refractivity contribution in [2.24, 2.45) is 0 Å². The van der Waals surface area contributed by atoms with E-state index in [9.17, 15) is 13.6 Å². The summed E-state index contributed by atoms with van der Waals surface area (Å²) < 4.78 is 41.2. The number of fused-ring (bicyclic) bond motifs is 2. The van der Waals surface area contributed by atoms with Crippen molar-refractivity contribution in [1.29, 1.82) is 0 Å². The Hall–Kier alpha value is -3.10. The molecule has 9 heteroatoms. The van der Waals surface area contributed by atoms with Gasteiger partial charge >= 0.3 is 6.29 Å². The largest absolute Gasteiger partial charge is 0.586 e. The molecule has 1 fully saturated rings. The number of aromatic nitrogens is 1. The first-order valence-electron chi connectivity index (χ1n) is 9.44. The Balaban J connectivity index is 1.36. The number of ether oxygens (including phenoxy) is 3. The molecular formula is C20H19F2N3O4. The highest BCUT2D eigenvalue weighted by Crippen LogP contribution is 2.50. The molecule has 3 aliphatic heterocycles. The number of benzene rings is 1. The van der Waals surface area contributed by atoms with Gasteiger partial charge in [0.1, 0.15) is 23.6 Å². The fraction of sp³-hybridized carbons (Fsp3) is 0.400. The van der Waals surface area contributed by atoms with Crippen molar-refractivity contribution >= 4 is 17.4 Å². The summed E-state index contributed by atoms with van der Waals surface area (Å²) in [5, 5.41) is 2.80. The van der Waals surface area contributed by atoms with E-state index in [1.54, 1.807) is 19.2 Å². The van der Waals surface area contributed by atoms with Gasteiger partial charge in [-0.15, -0.1) is 8.78 Å². The van der Waals surface area contributed by atoms with Gasteiger partial charge in [0.15, 0.2) is 11.5 Å². The Labute approximate surface area is 165 Å². The number of anilines is 2. The summed E-state index contributed by atoms with van der Waals surface area (Å²) in [6.07, 6.45) is 0.348. The van der Waals surface area contributed by atoms with Crippen LogP contribution < -0.4 is 24.4 Å². The molecule has 1 amide bonds. The lowest BCUT2D eigenvalue weighted by Gasteiger charge is -2.22. The summed E-state index contributed by atoms with van der Waals surface area (Å²) in [7, 11) is 0. The van der Waals surface area contributed by atoms with E-state index < -0.39 is 11.7 Å². The van der Waals surface area contributed by atoms with Crippen molar-refractivity contribution in [3.8, 4) is 17.2 Å². The third kappa shape index (κ3) is 3.01. The van der Waals surface area contributed by atoms with E-state index in [1.807, 2.05) is 6.07 Å². The van der Waals surface area contributed by atoms with E-state index in [4.69, 9.17) is 4.74 Å². The maximum absolute atomic E-state index is 13.3. The number of carbonyl (C=O) groups is 1. The monoisotopic (exact) mass is 403 g/mol. The first-order chi connectivity index (χ1) is 13.8. The molecule has 0 bridgehead atoms. The Kier molecular flexibility index (Phi) is 3.84. The number of amides is 1. The number of carbonyl (C=O) groups excluding carboxylic acids is 1. The van der Waals surface area contributed by atoms with Gasteiger partial charge in [-0.1, -0.05) is 0 Å². The Morgan fingerprint density at radius 1 is 1.14 bits per heavy atom. The normalized spacial score (nSPS) is 23.6. The quantitative estimate of drug-likeness (QED) is 0.848. The first kappa shape index (κ1) is 18.0. The van der Waals surface area contributed by atoms with E-state index >= 15 is 0 Å². The molecule has 7 nitrogen and oxygen atoms in total. The van der Waals surface area contributed by atoms with Crippen LogP contribution in [0.5, 0.6) is 17.2 Å². The van der Waals surface area contributed by atoms with Crippen LogP contribution in [-0.2, 0) is 10.2 Å². The highest BCUT2D eigenvalue weighted by Gasteiger charge is 2.48. The van der Waals surface area contributed by atoms with E-state index in [-0.39, 0.29) is 24.0 Å². The summed E-state index contributed by atoms with van der Waals surface area (Å²) in [6, 6.07) is 6.39. The zero-order valence-electron chi connectivity index (χ0n) is 15.7. The SMILES string of the molecule is C[C@]1(C(=O)Nc2ccc(N3CCCC3)cn2)COc2cc3c(cc21)OC(F)(F)O3. The highest BCUT2D eigenvalue weighted by atomic mass is 19.3. The lowest BCUT2D eigenvalue weighted by Crippen LogP contribution is -2.39. The topological polar surface area (TPSA) is 72.9 Å². The summed E-state index contributed by atoms with van der Waals surface area (Å²) in [6.45, 7) is 3.77. The van der Waals surface area contributed by atoms with Crippen LogP contribution in [0.25, 0.3) is 0 Å². The average Bonchev–Trinajstić information content (AvgIpc) is 3.38. The summed E-state index contributed by atoms with van der Waals surface area (Å²) >= 11 is 0. The van der Waals surface area contributed by atoms with Gasteiger partial charge < -0.3 is 24.4 Å². The Morgan fingerprint density at radius 2 is 1.86 bits per heavy atom. The zero-order chi connectivity index (χ0) is 20.2. The first-order valence-corrected chi connectivity index (χ1v) is 9.44. The van der Waals surface area contributed by atoms with E-state index in [0.717, 1.165) is 18.8 Å². The molecule has 5 rings (SSSR count). The minimum absolute atomic E-state index is 0.0688. The summed E-state index contributed by atoms with van der Waals surface area (Å²) in [5.41, 5.74) is 0.402. The van der Waals surface area contributed by atoms with Crippen molar-refractivity contribution in [1.82, 2.24) is 4.98 Å². The second kappa shape index (κ2) is 6.20. The second-order valence-electron chi connectivity index (χ2n) is 7.63. The third-order valence-electron chi connectivity index (χ3n) is 5.58. The van der Waals surface area contributed by atoms with Crippen molar-refractivity contribution in [2.45, 2.75) is 31.5 Å². The van der Waals surface area contributed by atoms with Crippen LogP contribution in [0.3, 0.4) is 0 Å². The molecule has 0 radical (unpaired) electrons. The average molecular weight is 403 g/mol. The van der Waals surface area contributed by atoms with Gasteiger partial charge in [0.05, 0.1) is 11.9 Å². The molecule has 29 heavy (non-hydrogen) atoms. The number of rotatable bonds is 3. The van der Waals surface area contributed by atoms with Crippen LogP contribution >= 0.6 is 0 Å². The number of hydrogen-bond acceptors (Lipinski definition) is 6. The van der Waals surface area contributed by atoms with Gasteiger partial charge in [0.25, 0.3) is 0 Å². The second-order valence-corrected chi connectivity index (χ2v) is 7.63. The van der Waals surface area contributed by atoms with Crippen molar-refractivity contribution in [2.75, 3.05) is 29.9 Å². The van der Waals surface area contributed by atoms with Crippen LogP contribution in [0.1, 0.15) is 25.3 Å². The highest BCUT2D eigenvalue weighted by molar-refractivity contribution is 5.99. The van der Waals surface area contributed by atoms with Gasteiger partial charge in [-0.05, 0) is 38.0 Å². The lowest BCUT2D eigenvalue weighted by atomic mass is 9.83. The fourth-order valence-electron chi connectivity index (χ4n) is 3.89. The molecule has 0 aliphatic carbocycles. The lowest BCUT2D eigenvalue weighted by molar-refractivity contribution is -0.286. The van der Waals surface area contributed by atoms with Gasteiger partial charge in [-0.3, -0.25) is 4.79 Å². The number of nitrogens with zero attached hydrogens (tertiary/aromatic N) is 2. The molecular weight excluding hydrogens is 384 g/mol. The van der Waals surface area contributed by atoms with Gasteiger partial charge in [-0.25, -0.2) is 4.98 Å². The maximum Gasteiger partial charge on any atom is 0.586 e. The minimum Gasteiger partial charge on any atom is -0.492 e. The smallest absolute Gasteiger partial charge is 0.492 e.